The molecular weight excluding hydrogens is 439 g/mol. The van der Waals surface area contributed by atoms with Gasteiger partial charge in [0.15, 0.2) is 17.4 Å². The van der Waals surface area contributed by atoms with Crippen molar-refractivity contribution in [2.24, 2.45) is 4.99 Å². The van der Waals surface area contributed by atoms with Gasteiger partial charge in [-0.1, -0.05) is 57.9 Å². The second kappa shape index (κ2) is 13.8. The number of aliphatic imine (C=N–C) groups is 1. The number of pyridine rings is 1. The first-order chi connectivity index (χ1) is 12.3. The van der Waals surface area contributed by atoms with Crippen molar-refractivity contribution in [3.63, 3.8) is 0 Å². The van der Waals surface area contributed by atoms with E-state index in [2.05, 4.69) is 32.7 Å². The van der Waals surface area contributed by atoms with Gasteiger partial charge < -0.3 is 10.6 Å². The van der Waals surface area contributed by atoms with Gasteiger partial charge in [-0.3, -0.25) is 9.39 Å². The van der Waals surface area contributed by atoms with Crippen molar-refractivity contribution in [3.8, 4) is 0 Å². The minimum atomic E-state index is 0. The Kier molecular flexibility index (Phi) is 12.0. The first kappa shape index (κ1) is 22.7. The van der Waals surface area contributed by atoms with E-state index < -0.39 is 0 Å². The maximum Gasteiger partial charge on any atom is 0.191 e. The Hall–Kier alpha value is -1.38. The molecule has 2 aromatic rings. The van der Waals surface area contributed by atoms with Gasteiger partial charge in [0.2, 0.25) is 0 Å². The molecule has 0 aliphatic rings. The number of rotatable bonds is 11. The van der Waals surface area contributed by atoms with Crippen LogP contribution in [0.1, 0.15) is 64.1 Å². The third-order valence-corrected chi connectivity index (χ3v) is 4.34. The summed E-state index contributed by atoms with van der Waals surface area (Å²) in [6.45, 7) is 3.82. The van der Waals surface area contributed by atoms with Crippen molar-refractivity contribution >= 4 is 35.6 Å². The topological polar surface area (TPSA) is 66.6 Å². The summed E-state index contributed by atoms with van der Waals surface area (Å²) in [7, 11) is 1.80. The monoisotopic (exact) mass is 472 g/mol. The number of fused-ring (bicyclic) bond motifs is 1. The molecule has 146 valence electrons. The van der Waals surface area contributed by atoms with Crippen molar-refractivity contribution in [1.82, 2.24) is 25.2 Å². The SMILES string of the molecule is CCCCCCCCCCNC(=NC)NCc1nnc2ccccn12.I. The Morgan fingerprint density at radius 2 is 1.73 bits per heavy atom. The first-order valence-electron chi connectivity index (χ1n) is 9.58. The van der Waals surface area contributed by atoms with Crippen LogP contribution in [0.5, 0.6) is 0 Å². The maximum atomic E-state index is 4.27. The summed E-state index contributed by atoms with van der Waals surface area (Å²) in [6, 6.07) is 5.90. The number of nitrogens with one attached hydrogen (secondary N) is 2. The highest BCUT2D eigenvalue weighted by Gasteiger charge is 2.05. The molecule has 2 N–H and O–H groups in total. The molecule has 0 atom stereocenters. The fourth-order valence-corrected chi connectivity index (χ4v) is 2.86. The van der Waals surface area contributed by atoms with E-state index in [4.69, 9.17) is 0 Å². The number of aromatic nitrogens is 3. The summed E-state index contributed by atoms with van der Waals surface area (Å²) in [5.74, 6) is 1.70. The molecule has 0 amide bonds. The molecule has 0 aliphatic carbocycles. The third kappa shape index (κ3) is 7.88. The lowest BCUT2D eigenvalue weighted by molar-refractivity contribution is 0.571. The Bertz CT molecular complexity index is 640. The fourth-order valence-electron chi connectivity index (χ4n) is 2.86. The molecule has 0 aromatic carbocycles. The largest absolute Gasteiger partial charge is 0.356 e. The van der Waals surface area contributed by atoms with Crippen LogP contribution in [0.25, 0.3) is 5.65 Å². The number of halogens is 1. The highest BCUT2D eigenvalue weighted by atomic mass is 127. The van der Waals surface area contributed by atoms with Crippen molar-refractivity contribution in [2.75, 3.05) is 13.6 Å². The predicted molar refractivity (Wildman–Crippen MR) is 119 cm³/mol. The number of unbranched alkanes of at least 4 members (excludes halogenated alkanes) is 7. The number of nitrogens with zero attached hydrogens (tertiary/aromatic N) is 4. The highest BCUT2D eigenvalue weighted by Crippen LogP contribution is 2.08. The molecule has 2 rings (SSSR count). The van der Waals surface area contributed by atoms with Crippen molar-refractivity contribution in [1.29, 1.82) is 0 Å². The average Bonchev–Trinajstić information content (AvgIpc) is 3.06. The average molecular weight is 472 g/mol. The summed E-state index contributed by atoms with van der Waals surface area (Å²) in [6.07, 6.45) is 12.6. The normalized spacial score (nSPS) is 11.4. The lowest BCUT2D eigenvalue weighted by Gasteiger charge is -2.11. The zero-order chi connectivity index (χ0) is 17.7. The Balaban J connectivity index is 0.00000338. The summed E-state index contributed by atoms with van der Waals surface area (Å²) < 4.78 is 1.98. The molecule has 0 radical (unpaired) electrons. The van der Waals surface area contributed by atoms with Crippen LogP contribution in [-0.2, 0) is 6.54 Å². The smallest absolute Gasteiger partial charge is 0.191 e. The lowest BCUT2D eigenvalue weighted by Crippen LogP contribution is -2.37. The number of guanidine groups is 1. The van der Waals surface area contributed by atoms with E-state index in [0.717, 1.165) is 24.0 Å². The van der Waals surface area contributed by atoms with Crippen LogP contribution in [0, 0.1) is 0 Å². The van der Waals surface area contributed by atoms with E-state index in [0.29, 0.717) is 6.54 Å². The van der Waals surface area contributed by atoms with Crippen LogP contribution >= 0.6 is 24.0 Å². The molecule has 0 bridgehead atoms. The molecule has 0 saturated carbocycles. The molecule has 0 aliphatic heterocycles. The lowest BCUT2D eigenvalue weighted by atomic mass is 10.1. The van der Waals surface area contributed by atoms with Crippen LogP contribution in [-0.4, -0.2) is 34.2 Å². The second-order valence-corrected chi connectivity index (χ2v) is 6.37. The second-order valence-electron chi connectivity index (χ2n) is 6.37. The van der Waals surface area contributed by atoms with Gasteiger partial charge in [-0.15, -0.1) is 34.2 Å². The molecule has 0 fully saturated rings. The van der Waals surface area contributed by atoms with Crippen LogP contribution in [0.2, 0.25) is 0 Å². The minimum Gasteiger partial charge on any atom is -0.356 e. The van der Waals surface area contributed by atoms with E-state index in [9.17, 15) is 0 Å². The van der Waals surface area contributed by atoms with Crippen LogP contribution in [0.15, 0.2) is 29.4 Å². The molecule has 0 saturated heterocycles. The first-order valence-corrected chi connectivity index (χ1v) is 9.58. The van der Waals surface area contributed by atoms with E-state index >= 15 is 0 Å². The maximum absolute atomic E-state index is 4.27. The highest BCUT2D eigenvalue weighted by molar-refractivity contribution is 14.0. The molecule has 2 heterocycles. The standard InChI is InChI=1S/C19H32N6.HI/c1-3-4-5-6-7-8-9-11-14-21-19(20-2)22-16-18-24-23-17-13-10-12-15-25(17)18;/h10,12-13,15H,3-9,11,14,16H2,1-2H3,(H2,20,21,22);1H. The third-order valence-electron chi connectivity index (χ3n) is 4.34. The van der Waals surface area contributed by atoms with Gasteiger partial charge in [0.05, 0.1) is 6.54 Å². The number of hydrogen-bond donors (Lipinski definition) is 2. The van der Waals surface area contributed by atoms with Crippen molar-refractivity contribution < 1.29 is 0 Å². The predicted octanol–water partition coefficient (Wildman–Crippen LogP) is 4.15. The molecule has 26 heavy (non-hydrogen) atoms. The van der Waals surface area contributed by atoms with Gasteiger partial charge in [0.25, 0.3) is 0 Å². The van der Waals surface area contributed by atoms with E-state index in [1.165, 1.54) is 51.4 Å². The quantitative estimate of drug-likeness (QED) is 0.223. The van der Waals surface area contributed by atoms with Crippen molar-refractivity contribution in [2.45, 2.75) is 64.8 Å². The molecule has 6 nitrogen and oxygen atoms in total. The zero-order valence-corrected chi connectivity index (χ0v) is 18.4. The molecule has 7 heteroatoms. The molecule has 0 unspecified atom stereocenters. The minimum absolute atomic E-state index is 0. The van der Waals surface area contributed by atoms with E-state index in [1.807, 2.05) is 28.8 Å². The molecule has 2 aromatic heterocycles. The van der Waals surface area contributed by atoms with Gasteiger partial charge >= 0.3 is 0 Å². The van der Waals surface area contributed by atoms with Crippen LogP contribution in [0.4, 0.5) is 0 Å². The number of hydrogen-bond acceptors (Lipinski definition) is 3. The molecule has 0 spiro atoms. The van der Waals surface area contributed by atoms with Crippen LogP contribution < -0.4 is 10.6 Å². The molecular formula is C19H33IN6. The summed E-state index contributed by atoms with van der Waals surface area (Å²) in [4.78, 5) is 4.27. The summed E-state index contributed by atoms with van der Waals surface area (Å²) >= 11 is 0. The van der Waals surface area contributed by atoms with Gasteiger partial charge in [-0.05, 0) is 18.6 Å². The Morgan fingerprint density at radius 1 is 1.00 bits per heavy atom. The summed E-state index contributed by atoms with van der Waals surface area (Å²) in [5, 5.41) is 15.1. The van der Waals surface area contributed by atoms with Gasteiger partial charge in [-0.2, -0.15) is 0 Å². The van der Waals surface area contributed by atoms with Crippen LogP contribution in [0.3, 0.4) is 0 Å². The zero-order valence-electron chi connectivity index (χ0n) is 16.1. The van der Waals surface area contributed by atoms with Gasteiger partial charge in [-0.25, -0.2) is 0 Å². The fraction of sp³-hybridized carbons (Fsp3) is 0.632. The summed E-state index contributed by atoms with van der Waals surface area (Å²) in [5.41, 5.74) is 0.862. The van der Waals surface area contributed by atoms with Crippen molar-refractivity contribution in [3.05, 3.63) is 30.2 Å². The Morgan fingerprint density at radius 3 is 2.46 bits per heavy atom. The van der Waals surface area contributed by atoms with E-state index in [-0.39, 0.29) is 24.0 Å². The Labute approximate surface area is 174 Å². The van der Waals surface area contributed by atoms with E-state index in [1.54, 1.807) is 7.05 Å². The van der Waals surface area contributed by atoms with Gasteiger partial charge in [0, 0.05) is 19.8 Å². The van der Waals surface area contributed by atoms with Gasteiger partial charge in [0.1, 0.15) is 0 Å².